The number of fused-ring (bicyclic) bond motifs is 3. The average molecular weight is 504 g/mol. The van der Waals surface area contributed by atoms with E-state index >= 15 is 8.78 Å². The normalized spacial score (nSPS) is 21.5. The van der Waals surface area contributed by atoms with E-state index in [-0.39, 0.29) is 43.0 Å². The first-order valence-corrected chi connectivity index (χ1v) is 12.6. The molecule has 1 saturated heterocycles. The van der Waals surface area contributed by atoms with Crippen LogP contribution in [-0.2, 0) is 0 Å². The number of hydrogen-bond donors (Lipinski definition) is 1. The van der Waals surface area contributed by atoms with Crippen molar-refractivity contribution in [3.05, 3.63) is 64.9 Å². The molecule has 0 aliphatic carbocycles. The lowest BCUT2D eigenvalue weighted by molar-refractivity contribution is 0.0667. The summed E-state index contributed by atoms with van der Waals surface area (Å²) in [6, 6.07) is 9.42. The molecule has 1 fully saturated rings. The molecule has 4 nitrogen and oxygen atoms in total. The monoisotopic (exact) mass is 503 g/mol. The van der Waals surface area contributed by atoms with E-state index in [4.69, 9.17) is 4.74 Å². The van der Waals surface area contributed by atoms with Gasteiger partial charge in [0, 0.05) is 72.9 Å². The Kier molecular flexibility index (Phi) is 6.76. The van der Waals surface area contributed by atoms with Gasteiger partial charge in [-0.2, -0.15) is 0 Å². The lowest BCUT2D eigenvalue weighted by Gasteiger charge is -2.41. The van der Waals surface area contributed by atoms with E-state index in [1.807, 2.05) is 34.1 Å². The first-order valence-electron chi connectivity index (χ1n) is 12.6. The lowest BCUT2D eigenvalue weighted by Crippen LogP contribution is -2.49. The molecule has 3 aromatic rings. The highest BCUT2D eigenvalue weighted by Gasteiger charge is 2.40. The third kappa shape index (κ3) is 4.85. The molecule has 2 aliphatic heterocycles. The highest BCUT2D eigenvalue weighted by molar-refractivity contribution is 5.86. The van der Waals surface area contributed by atoms with Crippen LogP contribution < -0.4 is 4.74 Å². The highest BCUT2D eigenvalue weighted by Crippen LogP contribution is 2.45. The molecule has 36 heavy (non-hydrogen) atoms. The van der Waals surface area contributed by atoms with E-state index in [1.165, 1.54) is 26.0 Å². The zero-order valence-corrected chi connectivity index (χ0v) is 21.0. The Morgan fingerprint density at radius 2 is 1.75 bits per heavy atom. The van der Waals surface area contributed by atoms with Gasteiger partial charge in [-0.15, -0.1) is 0 Å². The number of nitrogens with one attached hydrogen (secondary N) is 1. The molecule has 8 heteroatoms. The molecule has 1 N–H and O–H groups in total. The fraction of sp³-hybridized carbons (Fsp3) is 0.500. The molecule has 0 bridgehead atoms. The van der Waals surface area contributed by atoms with Gasteiger partial charge in [0.05, 0.1) is 12.7 Å². The van der Waals surface area contributed by atoms with Gasteiger partial charge in [0.2, 0.25) is 0 Å². The minimum atomic E-state index is -1.55. The minimum absolute atomic E-state index is 0.0314. The van der Waals surface area contributed by atoms with Crippen LogP contribution in [0.3, 0.4) is 0 Å². The molecule has 1 unspecified atom stereocenters. The Morgan fingerprint density at radius 3 is 2.42 bits per heavy atom. The molecule has 3 heterocycles. The van der Waals surface area contributed by atoms with Gasteiger partial charge in [-0.25, -0.2) is 13.2 Å². The average Bonchev–Trinajstić information content (AvgIpc) is 3.15. The zero-order valence-electron chi connectivity index (χ0n) is 21.0. The Balaban J connectivity index is 1.46. The van der Waals surface area contributed by atoms with Gasteiger partial charge < -0.3 is 9.72 Å². The van der Waals surface area contributed by atoms with Gasteiger partial charge in [-0.05, 0) is 31.4 Å². The van der Waals surface area contributed by atoms with Crippen LogP contribution in [0, 0.1) is 17.6 Å². The smallest absolute Gasteiger partial charge is 0.135 e. The molecule has 5 rings (SSSR count). The van der Waals surface area contributed by atoms with Crippen LogP contribution in [0.15, 0.2) is 36.4 Å². The number of hydrogen-bond acceptors (Lipinski definition) is 3. The fourth-order valence-electron chi connectivity index (χ4n) is 5.78. The number of aromatic nitrogens is 1. The van der Waals surface area contributed by atoms with Crippen molar-refractivity contribution < 1.29 is 22.3 Å². The lowest BCUT2D eigenvalue weighted by atomic mass is 9.85. The van der Waals surface area contributed by atoms with Crippen molar-refractivity contribution in [1.82, 2.24) is 14.8 Å². The maximum absolute atomic E-state index is 15.6. The SMILES string of the molecule is C[C@@H]1CN(CC(C)(C)F)C(c2c(F)cc(OCCN3CC(CF)C3)cc2F)c2[nH]c3ccccc3c21. The minimum Gasteiger partial charge on any atom is -0.492 e. The third-order valence-corrected chi connectivity index (χ3v) is 7.25. The molecular weight excluding hydrogens is 470 g/mol. The second kappa shape index (κ2) is 9.71. The largest absolute Gasteiger partial charge is 0.492 e. The van der Waals surface area contributed by atoms with E-state index in [0.29, 0.717) is 31.9 Å². The summed E-state index contributed by atoms with van der Waals surface area (Å²) < 4.78 is 64.3. The van der Waals surface area contributed by atoms with Gasteiger partial charge in [-0.3, -0.25) is 14.2 Å². The summed E-state index contributed by atoms with van der Waals surface area (Å²) in [5.74, 6) is -1.21. The fourth-order valence-corrected chi connectivity index (χ4v) is 5.78. The van der Waals surface area contributed by atoms with Gasteiger partial charge in [-0.1, -0.05) is 25.1 Å². The van der Waals surface area contributed by atoms with Crippen LogP contribution in [0.25, 0.3) is 10.9 Å². The van der Waals surface area contributed by atoms with E-state index in [9.17, 15) is 8.78 Å². The van der Waals surface area contributed by atoms with Crippen LogP contribution in [0.1, 0.15) is 49.6 Å². The maximum atomic E-state index is 15.6. The summed E-state index contributed by atoms with van der Waals surface area (Å²) in [5.41, 5.74) is 0.951. The summed E-state index contributed by atoms with van der Waals surface area (Å²) in [6.45, 7) is 7.37. The van der Waals surface area contributed by atoms with Crippen molar-refractivity contribution in [3.63, 3.8) is 0 Å². The highest BCUT2D eigenvalue weighted by atomic mass is 19.1. The summed E-state index contributed by atoms with van der Waals surface area (Å²) >= 11 is 0. The molecule has 2 aliphatic rings. The Morgan fingerprint density at radius 1 is 1.06 bits per heavy atom. The van der Waals surface area contributed by atoms with Gasteiger partial charge in [0.15, 0.2) is 0 Å². The second-order valence-corrected chi connectivity index (χ2v) is 10.9. The molecule has 194 valence electrons. The molecule has 0 spiro atoms. The van der Waals surface area contributed by atoms with E-state index in [2.05, 4.69) is 11.9 Å². The maximum Gasteiger partial charge on any atom is 0.135 e. The number of halogens is 4. The van der Waals surface area contributed by atoms with Crippen molar-refractivity contribution in [1.29, 1.82) is 0 Å². The number of aromatic amines is 1. The second-order valence-electron chi connectivity index (χ2n) is 10.9. The summed E-state index contributed by atoms with van der Waals surface area (Å²) in [5, 5.41) is 1.02. The molecular formula is C28H33F4N3O. The van der Waals surface area contributed by atoms with E-state index < -0.39 is 23.3 Å². The Labute approximate surface area is 209 Å². The summed E-state index contributed by atoms with van der Waals surface area (Å²) in [7, 11) is 0. The quantitative estimate of drug-likeness (QED) is 0.384. The van der Waals surface area contributed by atoms with Crippen molar-refractivity contribution in [2.75, 3.05) is 46.0 Å². The number of likely N-dealkylation sites (tertiary alicyclic amines) is 1. The van der Waals surface area contributed by atoms with Gasteiger partial charge in [0.1, 0.15) is 29.7 Å². The number of benzene rings is 2. The topological polar surface area (TPSA) is 31.5 Å². The zero-order chi connectivity index (χ0) is 25.6. The van der Waals surface area contributed by atoms with Crippen LogP contribution in [-0.4, -0.2) is 66.5 Å². The Hall–Kier alpha value is -2.58. The number of para-hydroxylation sites is 1. The van der Waals surface area contributed by atoms with Crippen LogP contribution in [0.2, 0.25) is 0 Å². The van der Waals surface area contributed by atoms with Gasteiger partial charge in [0.25, 0.3) is 0 Å². The van der Waals surface area contributed by atoms with Crippen molar-refractivity contribution in [2.24, 2.45) is 5.92 Å². The van der Waals surface area contributed by atoms with Crippen molar-refractivity contribution >= 4 is 10.9 Å². The number of alkyl halides is 2. The van der Waals surface area contributed by atoms with E-state index in [0.717, 1.165) is 16.5 Å². The van der Waals surface area contributed by atoms with Crippen molar-refractivity contribution in [3.8, 4) is 5.75 Å². The third-order valence-electron chi connectivity index (χ3n) is 7.25. The number of H-pyrrole nitrogens is 1. The standard InChI is InChI=1S/C28H33F4N3O/c1-17-13-35(16-28(2,3)32)27(26-24(17)20-6-4-5-7-23(20)33-26)25-21(30)10-19(11-22(25)31)36-9-8-34-14-18(12-29)15-34/h4-7,10-11,17-18,27,33H,8-9,12-16H2,1-3H3/t17-,27?/m1/s1. The summed E-state index contributed by atoms with van der Waals surface area (Å²) in [4.78, 5) is 7.26. The number of nitrogens with zero attached hydrogens (tertiary/aromatic N) is 2. The molecule has 0 radical (unpaired) electrons. The molecule has 2 aromatic carbocycles. The van der Waals surface area contributed by atoms with Crippen LogP contribution in [0.5, 0.6) is 5.75 Å². The number of rotatable bonds is 8. The Bertz CT molecular complexity index is 1210. The molecule has 2 atom stereocenters. The van der Waals surface area contributed by atoms with Crippen molar-refractivity contribution in [2.45, 2.75) is 38.4 Å². The van der Waals surface area contributed by atoms with Crippen LogP contribution in [0.4, 0.5) is 17.6 Å². The van der Waals surface area contributed by atoms with E-state index in [1.54, 1.807) is 0 Å². The number of ether oxygens (including phenoxy) is 1. The first-order chi connectivity index (χ1) is 17.1. The summed E-state index contributed by atoms with van der Waals surface area (Å²) in [6.07, 6.45) is 0. The molecule has 0 saturated carbocycles. The van der Waals surface area contributed by atoms with Gasteiger partial charge >= 0.3 is 0 Å². The first kappa shape index (κ1) is 25.1. The predicted molar refractivity (Wildman–Crippen MR) is 133 cm³/mol. The molecule has 1 aromatic heterocycles. The predicted octanol–water partition coefficient (Wildman–Crippen LogP) is 5.98. The van der Waals surface area contributed by atoms with Crippen LogP contribution >= 0.6 is 0 Å². The molecule has 0 amide bonds.